The first-order valence-electron chi connectivity index (χ1n) is 7.39. The predicted molar refractivity (Wildman–Crippen MR) is 79.0 cm³/mol. The lowest BCUT2D eigenvalue weighted by atomic mass is 10.2. The van der Waals surface area contributed by atoms with Gasteiger partial charge in [0.15, 0.2) is 0 Å². The summed E-state index contributed by atoms with van der Waals surface area (Å²) in [5.41, 5.74) is 0.716. The van der Waals surface area contributed by atoms with E-state index in [0.717, 1.165) is 12.8 Å². The van der Waals surface area contributed by atoms with Gasteiger partial charge in [-0.05, 0) is 12.8 Å². The summed E-state index contributed by atoms with van der Waals surface area (Å²) in [6.07, 6.45) is 4.27. The number of aliphatic hydroxyl groups excluding tert-OH is 1. The molecule has 2 N–H and O–H groups in total. The summed E-state index contributed by atoms with van der Waals surface area (Å²) >= 11 is 0. The molecule has 6 nitrogen and oxygen atoms in total. The van der Waals surface area contributed by atoms with Crippen molar-refractivity contribution in [2.75, 3.05) is 13.2 Å². The molecule has 2 rings (SSSR count). The van der Waals surface area contributed by atoms with E-state index in [1.807, 2.05) is 0 Å². The number of hydrogen-bond donors (Lipinski definition) is 2. The maximum atomic E-state index is 10.9. The van der Waals surface area contributed by atoms with E-state index in [-0.39, 0.29) is 11.8 Å². The van der Waals surface area contributed by atoms with Gasteiger partial charge in [0.2, 0.25) is 0 Å². The van der Waals surface area contributed by atoms with Crippen molar-refractivity contribution in [2.45, 2.75) is 44.4 Å². The zero-order valence-electron chi connectivity index (χ0n) is 12.0. The number of ether oxygens (including phenoxy) is 1. The highest BCUT2D eigenvalue weighted by Crippen LogP contribution is 2.21. The van der Waals surface area contributed by atoms with Crippen LogP contribution in [0.15, 0.2) is 24.3 Å². The Kier molecular flexibility index (Phi) is 6.10. The number of nitrogens with one attached hydrogen (secondary N) is 1. The molecule has 1 aliphatic rings. The van der Waals surface area contributed by atoms with Crippen LogP contribution in [0.1, 0.15) is 31.2 Å². The maximum Gasteiger partial charge on any atom is 0.273 e. The Morgan fingerprint density at radius 2 is 2.10 bits per heavy atom. The highest BCUT2D eigenvalue weighted by Gasteiger charge is 2.17. The fourth-order valence-electron chi connectivity index (χ4n) is 2.57. The summed E-state index contributed by atoms with van der Waals surface area (Å²) in [4.78, 5) is 10.5. The third-order valence-electron chi connectivity index (χ3n) is 3.71. The van der Waals surface area contributed by atoms with E-state index in [9.17, 15) is 15.2 Å². The summed E-state index contributed by atoms with van der Waals surface area (Å²) in [6, 6.07) is 6.61. The second-order valence-electron chi connectivity index (χ2n) is 5.41. The zero-order chi connectivity index (χ0) is 15.1. The van der Waals surface area contributed by atoms with Crippen LogP contribution in [0.2, 0.25) is 0 Å². The zero-order valence-corrected chi connectivity index (χ0v) is 12.0. The van der Waals surface area contributed by atoms with Gasteiger partial charge >= 0.3 is 0 Å². The van der Waals surface area contributed by atoms with E-state index in [2.05, 4.69) is 5.32 Å². The van der Waals surface area contributed by atoms with E-state index in [1.54, 1.807) is 18.2 Å². The van der Waals surface area contributed by atoms with Crippen LogP contribution in [0.5, 0.6) is 0 Å². The van der Waals surface area contributed by atoms with Gasteiger partial charge in [0.25, 0.3) is 5.69 Å². The lowest BCUT2D eigenvalue weighted by Crippen LogP contribution is -2.31. The van der Waals surface area contributed by atoms with Gasteiger partial charge in [0, 0.05) is 24.7 Å². The summed E-state index contributed by atoms with van der Waals surface area (Å²) in [7, 11) is 0. The van der Waals surface area contributed by atoms with Gasteiger partial charge < -0.3 is 15.2 Å². The lowest BCUT2D eigenvalue weighted by Gasteiger charge is -2.16. The predicted octanol–water partition coefficient (Wildman–Crippen LogP) is 2.00. The average Bonchev–Trinajstić information content (AvgIpc) is 2.99. The fraction of sp³-hybridized carbons (Fsp3) is 0.600. The molecular formula is C15H22N2O4. The molecule has 1 aliphatic carbocycles. The molecule has 1 fully saturated rings. The molecule has 0 heterocycles. The Hall–Kier alpha value is -1.50. The van der Waals surface area contributed by atoms with Gasteiger partial charge in [-0.2, -0.15) is 0 Å². The smallest absolute Gasteiger partial charge is 0.273 e. The van der Waals surface area contributed by atoms with E-state index in [1.165, 1.54) is 18.9 Å². The van der Waals surface area contributed by atoms with Crippen molar-refractivity contribution in [1.82, 2.24) is 5.32 Å². The van der Waals surface area contributed by atoms with Crippen LogP contribution >= 0.6 is 0 Å². The molecule has 1 aromatic rings. The van der Waals surface area contributed by atoms with Gasteiger partial charge in [0.05, 0.1) is 23.7 Å². The number of nitro benzene ring substituents is 1. The number of nitrogens with zero attached hydrogens (tertiary/aromatic N) is 1. The minimum atomic E-state index is -0.589. The second-order valence-corrected chi connectivity index (χ2v) is 5.41. The Morgan fingerprint density at radius 3 is 2.81 bits per heavy atom. The summed E-state index contributed by atoms with van der Waals surface area (Å²) < 4.78 is 5.63. The molecule has 1 unspecified atom stereocenters. The average molecular weight is 294 g/mol. The standard InChI is InChI=1S/C15H22N2O4/c18-13(11-21-14-6-2-3-7-14)10-16-9-12-5-1-4-8-15(12)17(19)20/h1,4-5,8,13-14,16,18H,2-3,6-7,9-11H2. The number of para-hydroxylation sites is 1. The van der Waals surface area contributed by atoms with Crippen molar-refractivity contribution in [2.24, 2.45) is 0 Å². The molecule has 116 valence electrons. The Morgan fingerprint density at radius 1 is 1.38 bits per heavy atom. The molecular weight excluding hydrogens is 272 g/mol. The van der Waals surface area contributed by atoms with Crippen molar-refractivity contribution >= 4 is 5.69 Å². The van der Waals surface area contributed by atoms with Gasteiger partial charge in [-0.25, -0.2) is 0 Å². The molecule has 1 aromatic carbocycles. The monoisotopic (exact) mass is 294 g/mol. The number of benzene rings is 1. The van der Waals surface area contributed by atoms with Crippen LogP contribution in [0.3, 0.4) is 0 Å². The first kappa shape index (κ1) is 15.9. The summed E-state index contributed by atoms with van der Waals surface area (Å²) in [6.45, 7) is 1.03. The third kappa shape index (κ3) is 5.08. The maximum absolute atomic E-state index is 10.9. The SMILES string of the molecule is O=[N+]([O-])c1ccccc1CNCC(O)COC1CCCC1. The molecule has 1 atom stereocenters. The van der Waals surface area contributed by atoms with Crippen molar-refractivity contribution in [1.29, 1.82) is 0 Å². The normalized spacial score (nSPS) is 17.0. The number of aliphatic hydroxyl groups is 1. The number of nitro groups is 1. The molecule has 6 heteroatoms. The van der Waals surface area contributed by atoms with E-state index in [4.69, 9.17) is 4.74 Å². The molecule has 0 aliphatic heterocycles. The van der Waals surface area contributed by atoms with Gasteiger partial charge in [-0.15, -0.1) is 0 Å². The second kappa shape index (κ2) is 8.07. The minimum absolute atomic E-state index is 0.0988. The lowest BCUT2D eigenvalue weighted by molar-refractivity contribution is -0.385. The summed E-state index contributed by atoms with van der Waals surface area (Å²) in [5.74, 6) is 0. The van der Waals surface area contributed by atoms with E-state index >= 15 is 0 Å². The first-order chi connectivity index (χ1) is 10.2. The molecule has 1 saturated carbocycles. The highest BCUT2D eigenvalue weighted by atomic mass is 16.6. The molecule has 21 heavy (non-hydrogen) atoms. The number of hydrogen-bond acceptors (Lipinski definition) is 5. The van der Waals surface area contributed by atoms with Gasteiger partial charge in [-0.3, -0.25) is 10.1 Å². The van der Waals surface area contributed by atoms with Crippen molar-refractivity contribution in [3.05, 3.63) is 39.9 Å². The Labute approximate surface area is 124 Å². The van der Waals surface area contributed by atoms with Crippen LogP contribution in [0.25, 0.3) is 0 Å². The Bertz CT molecular complexity index is 461. The topological polar surface area (TPSA) is 84.6 Å². The quantitative estimate of drug-likeness (QED) is 0.566. The van der Waals surface area contributed by atoms with Crippen LogP contribution in [-0.2, 0) is 11.3 Å². The van der Waals surface area contributed by atoms with E-state index in [0.29, 0.717) is 25.3 Å². The van der Waals surface area contributed by atoms with Gasteiger partial charge in [0.1, 0.15) is 0 Å². The minimum Gasteiger partial charge on any atom is -0.389 e. The molecule has 0 bridgehead atoms. The third-order valence-corrected chi connectivity index (χ3v) is 3.71. The highest BCUT2D eigenvalue weighted by molar-refractivity contribution is 5.39. The Balaban J connectivity index is 1.69. The van der Waals surface area contributed by atoms with Crippen LogP contribution in [-0.4, -0.2) is 35.4 Å². The first-order valence-corrected chi connectivity index (χ1v) is 7.39. The van der Waals surface area contributed by atoms with Crippen molar-refractivity contribution in [3.63, 3.8) is 0 Å². The molecule has 0 amide bonds. The van der Waals surface area contributed by atoms with Crippen LogP contribution in [0, 0.1) is 10.1 Å². The molecule has 0 radical (unpaired) electrons. The van der Waals surface area contributed by atoms with Crippen molar-refractivity contribution < 1.29 is 14.8 Å². The molecule has 0 saturated heterocycles. The number of rotatable bonds is 8. The largest absolute Gasteiger partial charge is 0.389 e. The summed E-state index contributed by atoms with van der Waals surface area (Å²) in [5, 5.41) is 23.8. The van der Waals surface area contributed by atoms with Crippen LogP contribution in [0.4, 0.5) is 5.69 Å². The molecule has 0 aromatic heterocycles. The fourth-order valence-corrected chi connectivity index (χ4v) is 2.57. The van der Waals surface area contributed by atoms with Crippen LogP contribution < -0.4 is 5.32 Å². The van der Waals surface area contributed by atoms with E-state index < -0.39 is 11.0 Å². The van der Waals surface area contributed by atoms with Gasteiger partial charge in [-0.1, -0.05) is 31.0 Å². The van der Waals surface area contributed by atoms with Crippen molar-refractivity contribution in [3.8, 4) is 0 Å². The molecule has 0 spiro atoms.